The monoisotopic (exact) mass is 496 g/mol. The molecule has 0 radical (unpaired) electrons. The SMILES string of the molecule is C[C@]12C=CC(=O)C=C1C(Cl)=C[C@@H]1[C@@H]2[C@@H](O)C[C@@]2(C)[C@H]1CC[C@@]2(OC(=O)c1ccccc1)C(=O)CO. The van der Waals surface area contributed by atoms with E-state index in [-0.39, 0.29) is 36.4 Å². The largest absolute Gasteiger partial charge is 0.447 e. The molecule has 4 aliphatic carbocycles. The lowest BCUT2D eigenvalue weighted by Crippen LogP contribution is -2.62. The number of benzene rings is 1. The van der Waals surface area contributed by atoms with Gasteiger partial charge in [0.1, 0.15) is 6.61 Å². The Morgan fingerprint density at radius 2 is 1.91 bits per heavy atom. The summed E-state index contributed by atoms with van der Waals surface area (Å²) in [5.41, 5.74) is -2.11. The summed E-state index contributed by atoms with van der Waals surface area (Å²) in [7, 11) is 0. The van der Waals surface area contributed by atoms with Gasteiger partial charge in [-0.3, -0.25) is 9.59 Å². The fourth-order valence-electron chi connectivity index (χ4n) is 7.45. The van der Waals surface area contributed by atoms with E-state index >= 15 is 0 Å². The van der Waals surface area contributed by atoms with Crippen LogP contribution in [0, 0.1) is 28.6 Å². The fourth-order valence-corrected chi connectivity index (χ4v) is 7.86. The van der Waals surface area contributed by atoms with E-state index in [0.717, 1.165) is 0 Å². The number of Topliss-reactive ketones (excluding diaryl/α,β-unsaturated/α-hetero) is 1. The summed E-state index contributed by atoms with van der Waals surface area (Å²) < 4.78 is 6.03. The molecule has 0 heterocycles. The quantitative estimate of drug-likeness (QED) is 0.615. The molecule has 6 nitrogen and oxygen atoms in total. The molecule has 1 aromatic carbocycles. The van der Waals surface area contributed by atoms with Gasteiger partial charge in [-0.2, -0.15) is 0 Å². The lowest BCUT2D eigenvalue weighted by Gasteiger charge is -2.58. The van der Waals surface area contributed by atoms with Gasteiger partial charge in [0.05, 0.1) is 11.7 Å². The van der Waals surface area contributed by atoms with Crippen LogP contribution in [-0.4, -0.2) is 46.1 Å². The first-order valence-corrected chi connectivity index (χ1v) is 12.4. The first-order valence-electron chi connectivity index (χ1n) is 12.0. The molecule has 5 rings (SSSR count). The van der Waals surface area contributed by atoms with Crippen LogP contribution in [-0.2, 0) is 14.3 Å². The molecule has 0 aromatic heterocycles. The highest BCUT2D eigenvalue weighted by Gasteiger charge is 2.70. The Kier molecular flexibility index (Phi) is 5.70. The zero-order valence-electron chi connectivity index (χ0n) is 19.7. The van der Waals surface area contributed by atoms with Crippen molar-refractivity contribution in [3.63, 3.8) is 0 Å². The van der Waals surface area contributed by atoms with Crippen molar-refractivity contribution in [3.8, 4) is 0 Å². The summed E-state index contributed by atoms with van der Waals surface area (Å²) in [5.74, 6) is -1.93. The van der Waals surface area contributed by atoms with E-state index in [9.17, 15) is 24.6 Å². The second-order valence-corrected chi connectivity index (χ2v) is 11.1. The Morgan fingerprint density at radius 3 is 2.60 bits per heavy atom. The van der Waals surface area contributed by atoms with E-state index in [1.807, 2.05) is 26.0 Å². The van der Waals surface area contributed by atoms with Gasteiger partial charge in [0.15, 0.2) is 11.4 Å². The number of carbonyl (C=O) groups excluding carboxylic acids is 3. The van der Waals surface area contributed by atoms with Crippen LogP contribution in [0.5, 0.6) is 0 Å². The maximum absolute atomic E-state index is 13.3. The van der Waals surface area contributed by atoms with Crippen LogP contribution in [0.2, 0.25) is 0 Å². The van der Waals surface area contributed by atoms with Gasteiger partial charge in [-0.15, -0.1) is 0 Å². The Hall–Kier alpha value is -2.54. The Morgan fingerprint density at radius 1 is 1.20 bits per heavy atom. The zero-order chi connectivity index (χ0) is 25.2. The molecule has 0 spiro atoms. The predicted octanol–water partition coefficient (Wildman–Crippen LogP) is 3.76. The average molecular weight is 497 g/mol. The summed E-state index contributed by atoms with van der Waals surface area (Å²) in [4.78, 5) is 38.5. The van der Waals surface area contributed by atoms with E-state index in [4.69, 9.17) is 16.3 Å². The summed E-state index contributed by atoms with van der Waals surface area (Å²) in [6.07, 6.45) is 6.96. The average Bonchev–Trinajstić information content (AvgIpc) is 3.12. The molecular formula is C28H29ClO6. The number of aliphatic hydroxyl groups is 2. The lowest BCUT2D eigenvalue weighted by atomic mass is 9.47. The van der Waals surface area contributed by atoms with Gasteiger partial charge < -0.3 is 14.9 Å². The van der Waals surface area contributed by atoms with Crippen molar-refractivity contribution in [1.29, 1.82) is 0 Å². The Labute approximate surface area is 209 Å². The van der Waals surface area contributed by atoms with E-state index in [2.05, 4.69) is 0 Å². The van der Waals surface area contributed by atoms with Crippen molar-refractivity contribution in [3.05, 3.63) is 70.8 Å². The van der Waals surface area contributed by atoms with Crippen molar-refractivity contribution >= 4 is 29.1 Å². The Bertz CT molecular complexity index is 1190. The normalized spacial score (nSPS) is 39.6. The summed E-state index contributed by atoms with van der Waals surface area (Å²) in [5, 5.41) is 22.0. The number of allylic oxidation sites excluding steroid dienone is 6. The molecule has 2 fully saturated rings. The number of halogens is 1. The van der Waals surface area contributed by atoms with Crippen molar-refractivity contribution < 1.29 is 29.3 Å². The van der Waals surface area contributed by atoms with Gasteiger partial charge in [-0.1, -0.05) is 55.8 Å². The number of hydrogen-bond acceptors (Lipinski definition) is 6. The molecular weight excluding hydrogens is 468 g/mol. The first kappa shape index (κ1) is 24.2. The second kappa shape index (κ2) is 8.26. The lowest BCUT2D eigenvalue weighted by molar-refractivity contribution is -0.173. The van der Waals surface area contributed by atoms with Crippen LogP contribution in [0.25, 0.3) is 0 Å². The van der Waals surface area contributed by atoms with Crippen molar-refractivity contribution in [2.75, 3.05) is 6.61 Å². The maximum atomic E-state index is 13.3. The van der Waals surface area contributed by atoms with Crippen molar-refractivity contribution in [1.82, 2.24) is 0 Å². The Balaban J connectivity index is 1.59. The van der Waals surface area contributed by atoms with E-state index in [1.165, 1.54) is 12.2 Å². The minimum absolute atomic E-state index is 0.131. The smallest absolute Gasteiger partial charge is 0.339 e. The van der Waals surface area contributed by atoms with Crippen molar-refractivity contribution in [2.24, 2.45) is 28.6 Å². The summed E-state index contributed by atoms with van der Waals surface area (Å²) >= 11 is 6.71. The van der Waals surface area contributed by atoms with Crippen LogP contribution in [0.1, 0.15) is 43.5 Å². The molecule has 2 N–H and O–H groups in total. The number of carbonyl (C=O) groups is 3. The molecule has 0 aliphatic heterocycles. The number of aliphatic hydroxyl groups excluding tert-OH is 2. The molecule has 2 saturated carbocycles. The molecule has 1 aromatic rings. The van der Waals surface area contributed by atoms with E-state index < -0.39 is 40.9 Å². The highest BCUT2D eigenvalue weighted by Crippen LogP contribution is 2.67. The minimum atomic E-state index is -1.57. The standard InChI is InChI=1S/C28H29ClO6/c1-26-10-8-17(31)12-20(26)21(29)13-18-19-9-11-28(23(33)15-30,27(19,2)14-22(32)24(18)26)35-25(34)16-6-4-3-5-7-16/h3-8,10,12-13,18-19,22,24,30,32H,9,11,14-15H2,1-2H3/t18-,19-,22-,24+,26-,27-,28+/m0/s1. The van der Waals surface area contributed by atoms with Gasteiger partial charge in [0.25, 0.3) is 0 Å². The number of ether oxygens (including phenoxy) is 1. The molecule has 7 heteroatoms. The number of rotatable bonds is 4. The van der Waals surface area contributed by atoms with E-state index in [0.29, 0.717) is 22.6 Å². The molecule has 0 saturated heterocycles. The van der Waals surface area contributed by atoms with Crippen LogP contribution in [0.15, 0.2) is 65.2 Å². The number of esters is 1. The molecule has 7 atom stereocenters. The van der Waals surface area contributed by atoms with Gasteiger partial charge in [-0.05, 0) is 61.0 Å². The number of hydrogen-bond donors (Lipinski definition) is 2. The highest BCUT2D eigenvalue weighted by molar-refractivity contribution is 6.32. The fraction of sp³-hybridized carbons (Fsp3) is 0.464. The van der Waals surface area contributed by atoms with Crippen LogP contribution in [0.3, 0.4) is 0 Å². The topological polar surface area (TPSA) is 101 Å². The first-order chi connectivity index (χ1) is 16.6. The molecule has 184 valence electrons. The van der Waals surface area contributed by atoms with Crippen LogP contribution in [0.4, 0.5) is 0 Å². The molecule has 0 unspecified atom stereocenters. The van der Waals surface area contributed by atoms with Gasteiger partial charge in [0.2, 0.25) is 5.78 Å². The predicted molar refractivity (Wildman–Crippen MR) is 129 cm³/mol. The van der Waals surface area contributed by atoms with Gasteiger partial charge in [-0.25, -0.2) is 4.79 Å². The third-order valence-electron chi connectivity index (χ3n) is 9.10. The molecule has 0 bridgehead atoms. The third-order valence-corrected chi connectivity index (χ3v) is 9.42. The van der Waals surface area contributed by atoms with Gasteiger partial charge in [0, 0.05) is 21.8 Å². The number of ketones is 2. The summed E-state index contributed by atoms with van der Waals surface area (Å²) in [6.45, 7) is 3.10. The minimum Gasteiger partial charge on any atom is -0.447 e. The third kappa shape index (κ3) is 3.34. The van der Waals surface area contributed by atoms with Crippen LogP contribution < -0.4 is 0 Å². The second-order valence-electron chi connectivity index (χ2n) is 10.7. The van der Waals surface area contributed by atoms with Crippen molar-refractivity contribution in [2.45, 2.75) is 44.8 Å². The molecule has 0 amide bonds. The number of fused-ring (bicyclic) bond motifs is 5. The molecule has 35 heavy (non-hydrogen) atoms. The van der Waals surface area contributed by atoms with E-state index in [1.54, 1.807) is 30.3 Å². The zero-order valence-corrected chi connectivity index (χ0v) is 20.5. The summed E-state index contributed by atoms with van der Waals surface area (Å²) in [6, 6.07) is 8.46. The van der Waals surface area contributed by atoms with Crippen LogP contribution >= 0.6 is 11.6 Å². The maximum Gasteiger partial charge on any atom is 0.339 e. The molecule has 4 aliphatic rings. The van der Waals surface area contributed by atoms with Gasteiger partial charge >= 0.3 is 5.97 Å². The highest BCUT2D eigenvalue weighted by atomic mass is 35.5.